The summed E-state index contributed by atoms with van der Waals surface area (Å²) in [6.07, 6.45) is 3.21. The van der Waals surface area contributed by atoms with Gasteiger partial charge in [-0.05, 0) is 77.9 Å². The first-order valence-electron chi connectivity index (χ1n) is 21.6. The van der Waals surface area contributed by atoms with Crippen LogP contribution in [0.3, 0.4) is 0 Å². The van der Waals surface area contributed by atoms with Crippen molar-refractivity contribution >= 4 is 59.2 Å². The number of esters is 1. The first kappa shape index (κ1) is 42.9. The van der Waals surface area contributed by atoms with Crippen molar-refractivity contribution in [2.45, 2.75) is 88.4 Å². The monoisotopic (exact) mass is 856 g/mol. The number of carbonyl (C=O) groups is 4. The molecule has 3 aliphatic rings. The van der Waals surface area contributed by atoms with Crippen molar-refractivity contribution in [3.63, 3.8) is 0 Å². The van der Waals surface area contributed by atoms with E-state index in [1.54, 1.807) is 16.9 Å². The lowest BCUT2D eigenvalue weighted by atomic mass is 9.82. The number of aromatic amines is 1. The van der Waals surface area contributed by atoms with E-state index in [1.165, 1.54) is 7.11 Å². The third-order valence-corrected chi connectivity index (χ3v) is 18.0. The van der Waals surface area contributed by atoms with Crippen LogP contribution in [-0.4, -0.2) is 86.3 Å². The van der Waals surface area contributed by atoms with E-state index < -0.39 is 25.7 Å². The zero-order valence-electron chi connectivity index (χ0n) is 36.1. The molecule has 3 amide bonds. The van der Waals surface area contributed by atoms with Gasteiger partial charge in [-0.15, -0.1) is 0 Å². The molecule has 4 aromatic carbocycles. The van der Waals surface area contributed by atoms with Gasteiger partial charge in [0.1, 0.15) is 5.75 Å². The van der Waals surface area contributed by atoms with Crippen LogP contribution in [0.4, 0.5) is 11.4 Å². The number of para-hydroxylation sites is 1. The van der Waals surface area contributed by atoms with Crippen molar-refractivity contribution < 1.29 is 38.5 Å². The fraction of sp³-hybridized carbons (Fsp3) is 0.388. The maximum atomic E-state index is 15.4. The van der Waals surface area contributed by atoms with E-state index in [4.69, 9.17) is 14.2 Å². The summed E-state index contributed by atoms with van der Waals surface area (Å²) < 4.78 is 17.7. The summed E-state index contributed by atoms with van der Waals surface area (Å²) >= 11 is 0. The highest BCUT2D eigenvalue weighted by Gasteiger charge is 2.66. The molecule has 0 saturated carbocycles. The third-order valence-electron chi connectivity index (χ3n) is 13.6. The number of aromatic nitrogens is 1. The Morgan fingerprint density at radius 2 is 1.71 bits per heavy atom. The molecule has 13 heteroatoms. The maximum Gasteiger partial charge on any atom is 0.305 e. The van der Waals surface area contributed by atoms with Gasteiger partial charge in [0.25, 0.3) is 5.91 Å². The van der Waals surface area contributed by atoms with Gasteiger partial charge in [0, 0.05) is 53.8 Å². The summed E-state index contributed by atoms with van der Waals surface area (Å²) in [5, 5.41) is 15.8. The number of rotatable bonds is 14. The standard InChI is InChI=1S/C49H56N4O8Si/c1-31-47(62(4,5)38-20-18-37(59-2)19-21-38)43(27-45(56)53-29-33-13-7-6-12-32(33)24-36(53)30-54)61-49(31)40-26-35(51-44(55)25-34-28-50-41-15-9-8-14-39(34)41)17-22-42(40)52(48(49)58)23-11-10-16-46(57)60-3/h6-9,12-15,17-22,26,28,31,36,43,47,50,54H,10-11,16,23-25,27,29-30H2,1-5H3,(H,51,55)/t31-,36-,43+,47-,49+/m0/s1. The number of methoxy groups -OCH3 is 2. The first-order valence-corrected chi connectivity index (χ1v) is 24.6. The number of benzene rings is 4. The number of nitrogens with zero attached hydrogens (tertiary/aromatic N) is 2. The van der Waals surface area contributed by atoms with Gasteiger partial charge in [0.05, 0.1) is 59.6 Å². The van der Waals surface area contributed by atoms with Gasteiger partial charge in [-0.1, -0.05) is 79.8 Å². The first-order chi connectivity index (χ1) is 29.9. The number of hydrogen-bond acceptors (Lipinski definition) is 8. The average Bonchev–Trinajstić information content (AvgIpc) is 3.90. The minimum atomic E-state index is -2.62. The Morgan fingerprint density at radius 3 is 2.45 bits per heavy atom. The fourth-order valence-corrected chi connectivity index (χ4v) is 14.5. The molecule has 1 saturated heterocycles. The fourth-order valence-electron chi connectivity index (χ4n) is 10.4. The summed E-state index contributed by atoms with van der Waals surface area (Å²) in [4.78, 5) is 62.6. The van der Waals surface area contributed by atoms with E-state index in [-0.39, 0.29) is 61.1 Å². The number of amides is 3. The topological polar surface area (TPSA) is 150 Å². The molecule has 3 N–H and O–H groups in total. The maximum absolute atomic E-state index is 15.4. The third kappa shape index (κ3) is 7.82. The van der Waals surface area contributed by atoms with E-state index in [9.17, 15) is 19.5 Å². The number of hydrogen-bond donors (Lipinski definition) is 3. The minimum absolute atomic E-state index is 0.0186. The van der Waals surface area contributed by atoms with E-state index in [1.807, 2.05) is 85.1 Å². The molecule has 0 bridgehead atoms. The van der Waals surface area contributed by atoms with Gasteiger partial charge in [-0.25, -0.2) is 0 Å². The van der Waals surface area contributed by atoms with Crippen molar-refractivity contribution in [1.82, 2.24) is 9.88 Å². The van der Waals surface area contributed by atoms with Gasteiger partial charge in [0.15, 0.2) is 5.60 Å². The molecule has 0 unspecified atom stereocenters. The van der Waals surface area contributed by atoms with Gasteiger partial charge >= 0.3 is 5.97 Å². The summed E-state index contributed by atoms with van der Waals surface area (Å²) in [6, 6.07) is 29.1. The van der Waals surface area contributed by atoms with Crippen LogP contribution in [0, 0.1) is 5.92 Å². The number of carbonyl (C=O) groups excluding carboxylic acids is 4. The lowest BCUT2D eigenvalue weighted by Crippen LogP contribution is -2.52. The lowest BCUT2D eigenvalue weighted by Gasteiger charge is -2.39. The predicted molar refractivity (Wildman–Crippen MR) is 241 cm³/mol. The molecule has 12 nitrogen and oxygen atoms in total. The summed E-state index contributed by atoms with van der Waals surface area (Å²) in [7, 11) is 0.386. The largest absolute Gasteiger partial charge is 0.497 e. The zero-order valence-corrected chi connectivity index (χ0v) is 37.1. The Bertz CT molecular complexity index is 2490. The minimum Gasteiger partial charge on any atom is -0.497 e. The second-order valence-corrected chi connectivity index (χ2v) is 22.2. The molecule has 5 aromatic rings. The van der Waals surface area contributed by atoms with E-state index in [2.05, 4.69) is 42.5 Å². The molecular weight excluding hydrogens is 801 g/mol. The molecule has 0 radical (unpaired) electrons. The SMILES string of the molecule is COC(=O)CCCCN1C(=O)[C@]2(O[C@H](CC(=O)N3Cc4ccccc4C[C@H]3CO)[C@@H]([Si](C)(C)c3ccc(OC)cc3)[C@@H]2C)c2cc(NC(=O)Cc3c[nH]c4ccccc34)ccc21. The Balaban J connectivity index is 1.17. The van der Waals surface area contributed by atoms with Crippen LogP contribution >= 0.6 is 0 Å². The molecule has 1 fully saturated rings. The second kappa shape index (κ2) is 17.5. The van der Waals surface area contributed by atoms with Crippen molar-refractivity contribution in [2.24, 2.45) is 5.92 Å². The Morgan fingerprint density at radius 1 is 0.968 bits per heavy atom. The molecule has 1 aromatic heterocycles. The molecule has 62 heavy (non-hydrogen) atoms. The Labute approximate surface area is 363 Å². The van der Waals surface area contributed by atoms with Crippen LogP contribution in [-0.2, 0) is 53.6 Å². The van der Waals surface area contributed by atoms with Crippen LogP contribution < -0.4 is 20.1 Å². The molecule has 1 spiro atoms. The van der Waals surface area contributed by atoms with Crippen LogP contribution in [0.5, 0.6) is 5.75 Å². The van der Waals surface area contributed by atoms with E-state index >= 15 is 4.79 Å². The number of aliphatic hydroxyl groups is 1. The number of ether oxygens (including phenoxy) is 3. The number of unbranched alkanes of at least 4 members (excludes halogenated alkanes) is 1. The van der Waals surface area contributed by atoms with Crippen LogP contribution in [0.1, 0.15) is 54.9 Å². The molecule has 3 aliphatic heterocycles. The second-order valence-electron chi connectivity index (χ2n) is 17.5. The molecule has 5 atom stereocenters. The number of H-pyrrole nitrogens is 1. The van der Waals surface area contributed by atoms with E-state index in [0.717, 1.165) is 38.5 Å². The predicted octanol–water partition coefficient (Wildman–Crippen LogP) is 6.60. The smallest absolute Gasteiger partial charge is 0.305 e. The Kier molecular flexibility index (Phi) is 12.1. The van der Waals surface area contributed by atoms with E-state index in [0.29, 0.717) is 49.3 Å². The molecule has 4 heterocycles. The Hall–Kier alpha value is -5.76. The summed E-state index contributed by atoms with van der Waals surface area (Å²) in [5.74, 6) is -0.537. The summed E-state index contributed by atoms with van der Waals surface area (Å²) in [5.41, 5.74) is 4.15. The molecule has 324 valence electrons. The highest BCUT2D eigenvalue weighted by Crippen LogP contribution is 2.60. The zero-order chi connectivity index (χ0) is 43.8. The number of nitrogens with one attached hydrogen (secondary N) is 2. The number of anilines is 2. The highest BCUT2D eigenvalue weighted by molar-refractivity contribution is 6.91. The average molecular weight is 857 g/mol. The van der Waals surface area contributed by atoms with Crippen molar-refractivity contribution in [3.8, 4) is 5.75 Å². The van der Waals surface area contributed by atoms with Gasteiger partial charge in [-0.3, -0.25) is 19.2 Å². The quantitative estimate of drug-likeness (QED) is 0.0643. The van der Waals surface area contributed by atoms with Gasteiger partial charge in [-0.2, -0.15) is 0 Å². The molecule has 8 rings (SSSR count). The van der Waals surface area contributed by atoms with Crippen LogP contribution in [0.15, 0.2) is 97.2 Å². The van der Waals surface area contributed by atoms with Crippen LogP contribution in [0.25, 0.3) is 10.9 Å². The van der Waals surface area contributed by atoms with Gasteiger partial charge < -0.3 is 39.4 Å². The van der Waals surface area contributed by atoms with Crippen molar-refractivity contribution in [1.29, 1.82) is 0 Å². The number of aliphatic hydroxyl groups excluding tert-OH is 1. The molecule has 0 aliphatic carbocycles. The van der Waals surface area contributed by atoms with Crippen molar-refractivity contribution in [3.05, 3.63) is 119 Å². The summed E-state index contributed by atoms with van der Waals surface area (Å²) in [6.45, 7) is 7.16. The lowest BCUT2D eigenvalue weighted by molar-refractivity contribution is -0.151. The van der Waals surface area contributed by atoms with Crippen molar-refractivity contribution in [2.75, 3.05) is 37.6 Å². The van der Waals surface area contributed by atoms with Gasteiger partial charge in [0.2, 0.25) is 11.8 Å². The molecular formula is C49H56N4O8Si. The highest BCUT2D eigenvalue weighted by atomic mass is 28.3. The van der Waals surface area contributed by atoms with Crippen LogP contribution in [0.2, 0.25) is 18.6 Å². The normalized spacial score (nSPS) is 21.9. The number of fused-ring (bicyclic) bond motifs is 4.